The summed E-state index contributed by atoms with van der Waals surface area (Å²) in [6.07, 6.45) is 2.53. The molecule has 1 amide bonds. The Morgan fingerprint density at radius 1 is 1.48 bits per heavy atom. The number of nitrogens with one attached hydrogen (secondary N) is 2. The Kier molecular flexibility index (Phi) is 3.83. The molecule has 7 nitrogen and oxygen atoms in total. The maximum Gasteiger partial charge on any atom is 0.269 e. The SMILES string of the molecule is NC1CCN(c2cccc(CNC(=O)c3ccn[nH]3)n2)C1. The Morgan fingerprint density at radius 3 is 3.10 bits per heavy atom. The lowest BCUT2D eigenvalue weighted by molar-refractivity contribution is 0.0945. The summed E-state index contributed by atoms with van der Waals surface area (Å²) in [6.45, 7) is 2.14. The normalized spacial score (nSPS) is 18.0. The van der Waals surface area contributed by atoms with Crippen LogP contribution in [0.25, 0.3) is 0 Å². The second kappa shape index (κ2) is 5.92. The Morgan fingerprint density at radius 2 is 2.38 bits per heavy atom. The van der Waals surface area contributed by atoms with E-state index < -0.39 is 0 Å². The first-order valence-electron chi connectivity index (χ1n) is 6.96. The molecule has 1 saturated heterocycles. The fourth-order valence-corrected chi connectivity index (χ4v) is 2.39. The summed E-state index contributed by atoms with van der Waals surface area (Å²) in [7, 11) is 0. The molecule has 0 spiro atoms. The van der Waals surface area contributed by atoms with Crippen LogP contribution in [0.15, 0.2) is 30.5 Å². The Balaban J connectivity index is 1.62. The van der Waals surface area contributed by atoms with Crippen LogP contribution in [0.1, 0.15) is 22.6 Å². The maximum atomic E-state index is 11.8. The highest BCUT2D eigenvalue weighted by Crippen LogP contribution is 2.17. The first-order valence-corrected chi connectivity index (χ1v) is 6.96. The first kappa shape index (κ1) is 13.6. The van der Waals surface area contributed by atoms with Gasteiger partial charge in [0.1, 0.15) is 11.5 Å². The van der Waals surface area contributed by atoms with E-state index in [1.165, 1.54) is 0 Å². The molecule has 0 bridgehead atoms. The van der Waals surface area contributed by atoms with E-state index in [2.05, 4.69) is 25.4 Å². The summed E-state index contributed by atoms with van der Waals surface area (Å²) in [5.41, 5.74) is 7.18. The molecule has 1 unspecified atom stereocenters. The number of hydrogen-bond donors (Lipinski definition) is 3. The second-order valence-corrected chi connectivity index (χ2v) is 5.13. The molecule has 0 radical (unpaired) electrons. The number of carbonyl (C=O) groups excluding carboxylic acids is 1. The van der Waals surface area contributed by atoms with Crippen LogP contribution in [-0.4, -0.2) is 40.2 Å². The Bertz CT molecular complexity index is 612. The molecule has 1 atom stereocenters. The zero-order chi connectivity index (χ0) is 14.7. The highest BCUT2D eigenvalue weighted by Gasteiger charge is 2.20. The number of nitrogens with two attached hydrogens (primary N) is 1. The van der Waals surface area contributed by atoms with Gasteiger partial charge < -0.3 is 16.0 Å². The van der Waals surface area contributed by atoms with E-state index in [0.29, 0.717) is 12.2 Å². The predicted octanol–water partition coefficient (Wildman–Crippen LogP) is 0.272. The Labute approximate surface area is 122 Å². The highest BCUT2D eigenvalue weighted by atomic mass is 16.1. The number of carbonyl (C=O) groups is 1. The molecule has 1 fully saturated rings. The third-order valence-electron chi connectivity index (χ3n) is 3.52. The Hall–Kier alpha value is -2.41. The molecular formula is C14H18N6O. The summed E-state index contributed by atoms with van der Waals surface area (Å²) < 4.78 is 0. The molecule has 1 aliphatic rings. The average Bonchev–Trinajstić information content (AvgIpc) is 3.16. The standard InChI is InChI=1S/C14H18N6O/c15-10-5-7-20(9-10)13-3-1-2-11(18-13)8-16-14(21)12-4-6-17-19-12/h1-4,6,10H,5,7-9,15H2,(H,16,21)(H,17,19). The predicted molar refractivity (Wildman–Crippen MR) is 78.8 cm³/mol. The van der Waals surface area contributed by atoms with E-state index in [0.717, 1.165) is 31.0 Å². The monoisotopic (exact) mass is 286 g/mol. The van der Waals surface area contributed by atoms with Crippen molar-refractivity contribution < 1.29 is 4.79 Å². The molecular weight excluding hydrogens is 268 g/mol. The zero-order valence-corrected chi connectivity index (χ0v) is 11.6. The van der Waals surface area contributed by atoms with Gasteiger partial charge in [0.05, 0.1) is 12.2 Å². The van der Waals surface area contributed by atoms with Gasteiger partial charge in [0.15, 0.2) is 0 Å². The van der Waals surface area contributed by atoms with Gasteiger partial charge in [0.2, 0.25) is 0 Å². The van der Waals surface area contributed by atoms with E-state index in [9.17, 15) is 4.79 Å². The fraction of sp³-hybridized carbons (Fsp3) is 0.357. The first-order chi connectivity index (χ1) is 10.2. The summed E-state index contributed by atoms with van der Waals surface area (Å²) in [5, 5.41) is 9.19. The summed E-state index contributed by atoms with van der Waals surface area (Å²) in [6, 6.07) is 7.66. The molecule has 3 heterocycles. The topological polar surface area (TPSA) is 99.9 Å². The molecule has 0 aromatic carbocycles. The molecule has 4 N–H and O–H groups in total. The van der Waals surface area contributed by atoms with Gasteiger partial charge in [-0.2, -0.15) is 5.10 Å². The van der Waals surface area contributed by atoms with Crippen molar-refractivity contribution in [1.29, 1.82) is 0 Å². The van der Waals surface area contributed by atoms with E-state index in [-0.39, 0.29) is 11.9 Å². The van der Waals surface area contributed by atoms with Crippen molar-refractivity contribution in [1.82, 2.24) is 20.5 Å². The van der Waals surface area contributed by atoms with Gasteiger partial charge in [-0.05, 0) is 24.6 Å². The van der Waals surface area contributed by atoms with Crippen LogP contribution in [0.4, 0.5) is 5.82 Å². The lowest BCUT2D eigenvalue weighted by atomic mass is 10.3. The number of nitrogens with zero attached hydrogens (tertiary/aromatic N) is 3. The van der Waals surface area contributed by atoms with Crippen LogP contribution in [0.2, 0.25) is 0 Å². The number of hydrogen-bond acceptors (Lipinski definition) is 5. The molecule has 110 valence electrons. The van der Waals surface area contributed by atoms with Crippen molar-refractivity contribution in [2.45, 2.75) is 19.0 Å². The third kappa shape index (κ3) is 3.19. The van der Waals surface area contributed by atoms with Crippen molar-refractivity contribution in [2.75, 3.05) is 18.0 Å². The van der Waals surface area contributed by atoms with Crippen LogP contribution < -0.4 is 16.0 Å². The van der Waals surface area contributed by atoms with E-state index in [4.69, 9.17) is 5.73 Å². The van der Waals surface area contributed by atoms with Crippen molar-refractivity contribution in [2.24, 2.45) is 5.73 Å². The average molecular weight is 286 g/mol. The van der Waals surface area contributed by atoms with Crippen LogP contribution >= 0.6 is 0 Å². The van der Waals surface area contributed by atoms with Crippen LogP contribution in [0.3, 0.4) is 0 Å². The number of aromatic amines is 1. The molecule has 1 aliphatic heterocycles. The molecule has 0 saturated carbocycles. The molecule has 2 aromatic rings. The molecule has 21 heavy (non-hydrogen) atoms. The minimum absolute atomic E-state index is 0.192. The van der Waals surface area contributed by atoms with Crippen LogP contribution in [0.5, 0.6) is 0 Å². The lowest BCUT2D eigenvalue weighted by Crippen LogP contribution is -2.27. The number of rotatable bonds is 4. The highest BCUT2D eigenvalue weighted by molar-refractivity contribution is 5.91. The van der Waals surface area contributed by atoms with Gasteiger partial charge in [-0.15, -0.1) is 0 Å². The minimum atomic E-state index is -0.192. The molecule has 0 aliphatic carbocycles. The van der Waals surface area contributed by atoms with E-state index in [1.54, 1.807) is 12.3 Å². The third-order valence-corrected chi connectivity index (χ3v) is 3.52. The van der Waals surface area contributed by atoms with Crippen molar-refractivity contribution >= 4 is 11.7 Å². The van der Waals surface area contributed by atoms with Gasteiger partial charge >= 0.3 is 0 Å². The van der Waals surface area contributed by atoms with Crippen LogP contribution in [-0.2, 0) is 6.54 Å². The molecule has 2 aromatic heterocycles. The maximum absolute atomic E-state index is 11.8. The minimum Gasteiger partial charge on any atom is -0.355 e. The quantitative estimate of drug-likeness (QED) is 0.749. The smallest absolute Gasteiger partial charge is 0.269 e. The van der Waals surface area contributed by atoms with E-state index in [1.807, 2.05) is 18.2 Å². The van der Waals surface area contributed by atoms with Gasteiger partial charge in [-0.1, -0.05) is 6.07 Å². The van der Waals surface area contributed by atoms with Gasteiger partial charge in [0.25, 0.3) is 5.91 Å². The van der Waals surface area contributed by atoms with Gasteiger partial charge in [-0.3, -0.25) is 9.89 Å². The number of anilines is 1. The van der Waals surface area contributed by atoms with Gasteiger partial charge in [-0.25, -0.2) is 4.98 Å². The van der Waals surface area contributed by atoms with Crippen molar-refractivity contribution in [3.63, 3.8) is 0 Å². The number of H-pyrrole nitrogens is 1. The fourth-order valence-electron chi connectivity index (χ4n) is 2.39. The molecule has 3 rings (SSSR count). The number of aromatic nitrogens is 3. The zero-order valence-electron chi connectivity index (χ0n) is 11.6. The largest absolute Gasteiger partial charge is 0.355 e. The number of amides is 1. The van der Waals surface area contributed by atoms with Crippen molar-refractivity contribution in [3.8, 4) is 0 Å². The second-order valence-electron chi connectivity index (χ2n) is 5.13. The van der Waals surface area contributed by atoms with Gasteiger partial charge in [0, 0.05) is 25.3 Å². The lowest BCUT2D eigenvalue weighted by Gasteiger charge is -2.17. The summed E-state index contributed by atoms with van der Waals surface area (Å²) in [4.78, 5) is 18.6. The van der Waals surface area contributed by atoms with E-state index >= 15 is 0 Å². The van der Waals surface area contributed by atoms with Crippen molar-refractivity contribution in [3.05, 3.63) is 41.9 Å². The summed E-state index contributed by atoms with van der Waals surface area (Å²) in [5.74, 6) is 0.721. The number of pyridine rings is 1. The molecule has 7 heteroatoms. The summed E-state index contributed by atoms with van der Waals surface area (Å²) >= 11 is 0. The van der Waals surface area contributed by atoms with Crippen LogP contribution in [0, 0.1) is 0 Å².